The van der Waals surface area contributed by atoms with Gasteiger partial charge in [0.2, 0.25) is 5.91 Å². The lowest BCUT2D eigenvalue weighted by Crippen LogP contribution is -2.30. The van der Waals surface area contributed by atoms with Gasteiger partial charge in [0.15, 0.2) is 5.78 Å². The largest absolute Gasteiger partial charge is 0.312 e. The van der Waals surface area contributed by atoms with Crippen molar-refractivity contribution in [3.8, 4) is 0 Å². The molecular weight excluding hydrogens is 364 g/mol. The van der Waals surface area contributed by atoms with Crippen LogP contribution < -0.4 is 9.62 Å². The third-order valence-electron chi connectivity index (χ3n) is 5.00. The Bertz CT molecular complexity index is 1020. The van der Waals surface area contributed by atoms with Gasteiger partial charge < -0.3 is 4.90 Å². The van der Waals surface area contributed by atoms with E-state index in [-0.39, 0.29) is 22.5 Å². The van der Waals surface area contributed by atoms with Crippen molar-refractivity contribution in [3.63, 3.8) is 0 Å². The van der Waals surface area contributed by atoms with Gasteiger partial charge in [0.1, 0.15) is 0 Å². The molecule has 7 heteroatoms. The molecule has 27 heavy (non-hydrogen) atoms. The van der Waals surface area contributed by atoms with Crippen molar-refractivity contribution in [1.82, 2.24) is 0 Å². The van der Waals surface area contributed by atoms with Crippen molar-refractivity contribution in [1.29, 1.82) is 0 Å². The highest BCUT2D eigenvalue weighted by atomic mass is 32.2. The molecule has 1 amide bonds. The maximum Gasteiger partial charge on any atom is 0.261 e. The summed E-state index contributed by atoms with van der Waals surface area (Å²) in [7, 11) is -3.78. The second-order valence-corrected chi connectivity index (χ2v) is 8.73. The van der Waals surface area contributed by atoms with Crippen LogP contribution in [0.5, 0.6) is 0 Å². The van der Waals surface area contributed by atoms with Crippen LogP contribution in [-0.4, -0.2) is 26.7 Å². The quantitative estimate of drug-likeness (QED) is 0.804. The van der Waals surface area contributed by atoms with Gasteiger partial charge in [-0.2, -0.15) is 0 Å². The van der Waals surface area contributed by atoms with Gasteiger partial charge >= 0.3 is 0 Å². The van der Waals surface area contributed by atoms with Gasteiger partial charge in [-0.25, -0.2) is 8.42 Å². The molecule has 2 aromatic rings. The Morgan fingerprint density at radius 1 is 1.07 bits per heavy atom. The SMILES string of the molecule is CC(=O)c1ccc(S(=O)(=O)Nc2ccc3c(c2)N(C(=O)C2CC2)CC3)cc1. The molecule has 0 atom stereocenters. The number of rotatable bonds is 5. The second-order valence-electron chi connectivity index (χ2n) is 7.04. The summed E-state index contributed by atoms with van der Waals surface area (Å²) in [6.45, 7) is 2.08. The Morgan fingerprint density at radius 3 is 2.41 bits per heavy atom. The monoisotopic (exact) mass is 384 g/mol. The van der Waals surface area contributed by atoms with E-state index in [0.29, 0.717) is 17.8 Å². The molecule has 140 valence electrons. The minimum atomic E-state index is -3.78. The number of amides is 1. The summed E-state index contributed by atoms with van der Waals surface area (Å²) in [4.78, 5) is 25.6. The average molecular weight is 384 g/mol. The topological polar surface area (TPSA) is 83.6 Å². The molecule has 1 N–H and O–H groups in total. The lowest BCUT2D eigenvalue weighted by Gasteiger charge is -2.18. The van der Waals surface area contributed by atoms with Gasteiger partial charge in [-0.1, -0.05) is 18.2 Å². The molecule has 0 unspecified atom stereocenters. The van der Waals surface area contributed by atoms with Crippen molar-refractivity contribution in [2.24, 2.45) is 5.92 Å². The molecule has 2 aliphatic rings. The molecular formula is C20H20N2O4S. The number of carbonyl (C=O) groups is 2. The van der Waals surface area contributed by atoms with E-state index in [1.165, 1.54) is 31.2 Å². The molecule has 1 heterocycles. The Hall–Kier alpha value is -2.67. The Morgan fingerprint density at radius 2 is 1.78 bits per heavy atom. The van der Waals surface area contributed by atoms with Crippen LogP contribution in [0.1, 0.15) is 35.7 Å². The first-order chi connectivity index (χ1) is 12.8. The zero-order valence-electron chi connectivity index (χ0n) is 14.9. The molecule has 0 saturated heterocycles. The zero-order valence-corrected chi connectivity index (χ0v) is 15.8. The van der Waals surface area contributed by atoms with Crippen LogP contribution >= 0.6 is 0 Å². The molecule has 0 spiro atoms. The second kappa shape index (κ2) is 6.49. The average Bonchev–Trinajstić information content (AvgIpc) is 3.41. The molecule has 0 radical (unpaired) electrons. The van der Waals surface area contributed by atoms with Gasteiger partial charge in [0, 0.05) is 23.7 Å². The van der Waals surface area contributed by atoms with Crippen molar-refractivity contribution in [2.45, 2.75) is 31.1 Å². The number of nitrogens with zero attached hydrogens (tertiary/aromatic N) is 1. The first kappa shape index (κ1) is 17.7. The number of hydrogen-bond acceptors (Lipinski definition) is 4. The number of anilines is 2. The summed E-state index contributed by atoms with van der Waals surface area (Å²) in [5, 5.41) is 0. The lowest BCUT2D eigenvalue weighted by molar-refractivity contribution is -0.119. The van der Waals surface area contributed by atoms with Gasteiger partial charge in [-0.15, -0.1) is 0 Å². The van der Waals surface area contributed by atoms with Crippen LogP contribution in [0.15, 0.2) is 47.4 Å². The fourth-order valence-corrected chi connectivity index (χ4v) is 4.35. The number of benzene rings is 2. The minimum Gasteiger partial charge on any atom is -0.312 e. The zero-order chi connectivity index (χ0) is 19.2. The summed E-state index contributed by atoms with van der Waals surface area (Å²) >= 11 is 0. The molecule has 0 bridgehead atoms. The van der Waals surface area contributed by atoms with E-state index in [2.05, 4.69) is 4.72 Å². The minimum absolute atomic E-state index is 0.0823. The van der Waals surface area contributed by atoms with Crippen molar-refractivity contribution in [3.05, 3.63) is 53.6 Å². The van der Waals surface area contributed by atoms with E-state index in [0.717, 1.165) is 30.5 Å². The van der Waals surface area contributed by atoms with Gasteiger partial charge in [-0.3, -0.25) is 14.3 Å². The molecule has 2 aromatic carbocycles. The molecule has 6 nitrogen and oxygen atoms in total. The van der Waals surface area contributed by atoms with Crippen LogP contribution in [-0.2, 0) is 21.2 Å². The number of fused-ring (bicyclic) bond motifs is 1. The molecule has 1 aliphatic heterocycles. The smallest absolute Gasteiger partial charge is 0.261 e. The van der Waals surface area contributed by atoms with Gasteiger partial charge in [0.25, 0.3) is 10.0 Å². The highest BCUT2D eigenvalue weighted by Crippen LogP contribution is 2.37. The third kappa shape index (κ3) is 3.47. The number of nitrogens with one attached hydrogen (secondary N) is 1. The fourth-order valence-electron chi connectivity index (χ4n) is 3.31. The van der Waals surface area contributed by atoms with Crippen LogP contribution in [0, 0.1) is 5.92 Å². The van der Waals surface area contributed by atoms with Crippen molar-refractivity contribution in [2.75, 3.05) is 16.2 Å². The predicted octanol–water partition coefficient (Wildman–Crippen LogP) is 2.99. The molecule has 0 aromatic heterocycles. The summed E-state index contributed by atoms with van der Waals surface area (Å²) < 4.78 is 27.8. The first-order valence-corrected chi connectivity index (χ1v) is 10.4. The number of hydrogen-bond donors (Lipinski definition) is 1. The predicted molar refractivity (Wildman–Crippen MR) is 102 cm³/mol. The number of carbonyl (C=O) groups excluding carboxylic acids is 2. The fraction of sp³-hybridized carbons (Fsp3) is 0.300. The summed E-state index contributed by atoms with van der Waals surface area (Å²) in [6, 6.07) is 11.1. The van der Waals surface area contributed by atoms with Crippen LogP contribution in [0.3, 0.4) is 0 Å². The number of ketones is 1. The van der Waals surface area contributed by atoms with E-state index in [1.807, 2.05) is 6.07 Å². The summed E-state index contributed by atoms with van der Waals surface area (Å²) in [6.07, 6.45) is 2.66. The Balaban J connectivity index is 1.58. The van der Waals surface area contributed by atoms with Gasteiger partial charge in [-0.05, 0) is 56.0 Å². The van der Waals surface area contributed by atoms with Gasteiger partial charge in [0.05, 0.1) is 10.6 Å². The van der Waals surface area contributed by atoms with Crippen molar-refractivity contribution < 1.29 is 18.0 Å². The van der Waals surface area contributed by atoms with E-state index in [1.54, 1.807) is 17.0 Å². The highest BCUT2D eigenvalue weighted by molar-refractivity contribution is 7.92. The van der Waals surface area contributed by atoms with E-state index < -0.39 is 10.0 Å². The van der Waals surface area contributed by atoms with E-state index >= 15 is 0 Å². The maximum absolute atomic E-state index is 12.6. The van der Waals surface area contributed by atoms with E-state index in [4.69, 9.17) is 0 Å². The number of sulfonamides is 1. The summed E-state index contributed by atoms with van der Waals surface area (Å²) in [5.41, 5.74) is 2.72. The summed E-state index contributed by atoms with van der Waals surface area (Å²) in [5.74, 6) is 0.135. The molecule has 1 aliphatic carbocycles. The standard InChI is InChI=1S/C20H20N2O4S/c1-13(23)14-5-8-18(9-6-14)27(25,26)21-17-7-4-15-10-11-22(19(15)12-17)20(24)16-2-3-16/h4-9,12,16,21H,2-3,10-11H2,1H3. The molecule has 4 rings (SSSR count). The van der Waals surface area contributed by atoms with Crippen LogP contribution in [0.2, 0.25) is 0 Å². The normalized spacial score (nSPS) is 16.1. The van der Waals surface area contributed by atoms with Crippen LogP contribution in [0.4, 0.5) is 11.4 Å². The lowest BCUT2D eigenvalue weighted by atomic mass is 10.1. The highest BCUT2D eigenvalue weighted by Gasteiger charge is 2.36. The van der Waals surface area contributed by atoms with Crippen LogP contribution in [0.25, 0.3) is 0 Å². The van der Waals surface area contributed by atoms with E-state index in [9.17, 15) is 18.0 Å². The maximum atomic E-state index is 12.6. The Labute approximate surface area is 158 Å². The first-order valence-electron chi connectivity index (χ1n) is 8.93. The Kier molecular flexibility index (Phi) is 4.26. The third-order valence-corrected chi connectivity index (χ3v) is 6.39. The molecule has 1 fully saturated rings. The van der Waals surface area contributed by atoms with Crippen molar-refractivity contribution >= 4 is 33.1 Å². The number of Topliss-reactive ketones (excluding diaryl/α,β-unsaturated/α-hetero) is 1. The molecule has 1 saturated carbocycles.